The zero-order valence-electron chi connectivity index (χ0n) is 17.2. The fourth-order valence-electron chi connectivity index (χ4n) is 3.71. The maximum atomic E-state index is 12.9. The molecule has 0 saturated heterocycles. The molecular formula is C24H22N2O5. The lowest BCUT2D eigenvalue weighted by molar-refractivity contribution is -0.116. The summed E-state index contributed by atoms with van der Waals surface area (Å²) in [6, 6.07) is 16.5. The molecule has 1 atom stereocenters. The van der Waals surface area contributed by atoms with E-state index in [2.05, 4.69) is 10.6 Å². The number of methoxy groups -OCH3 is 1. The molecule has 3 aromatic carbocycles. The van der Waals surface area contributed by atoms with Crippen molar-refractivity contribution in [2.24, 2.45) is 0 Å². The van der Waals surface area contributed by atoms with Crippen LogP contribution in [0.15, 0.2) is 59.0 Å². The Morgan fingerprint density at radius 3 is 2.61 bits per heavy atom. The first kappa shape index (κ1) is 19.1. The van der Waals surface area contributed by atoms with Crippen LogP contribution < -0.4 is 24.8 Å². The summed E-state index contributed by atoms with van der Waals surface area (Å²) in [6.07, 6.45) is 0. The first-order chi connectivity index (χ1) is 15.1. The van der Waals surface area contributed by atoms with Crippen molar-refractivity contribution < 1.29 is 23.4 Å². The number of benzene rings is 3. The molecule has 7 nitrogen and oxygen atoms in total. The second-order valence-electron chi connectivity index (χ2n) is 7.36. The Morgan fingerprint density at radius 1 is 0.968 bits per heavy atom. The van der Waals surface area contributed by atoms with Gasteiger partial charge in [-0.2, -0.15) is 0 Å². The highest BCUT2D eigenvalue weighted by Crippen LogP contribution is 2.36. The summed E-state index contributed by atoms with van der Waals surface area (Å²) < 4.78 is 22.6. The molecule has 0 bridgehead atoms. The van der Waals surface area contributed by atoms with E-state index in [0.29, 0.717) is 41.7 Å². The number of hydrogen-bond donors (Lipinski definition) is 2. The number of rotatable bonds is 5. The fraction of sp³-hybridized carbons (Fsp3) is 0.208. The Labute approximate surface area is 178 Å². The topological polar surface area (TPSA) is 82.0 Å². The number of para-hydroxylation sites is 1. The van der Waals surface area contributed by atoms with Gasteiger partial charge in [0.15, 0.2) is 11.5 Å². The first-order valence-electron chi connectivity index (χ1n) is 10.1. The lowest BCUT2D eigenvalue weighted by Gasteiger charge is -2.21. The van der Waals surface area contributed by atoms with Gasteiger partial charge in [0.2, 0.25) is 5.91 Å². The minimum atomic E-state index is -0.501. The molecule has 0 spiro atoms. The number of amides is 1. The Bertz CT molecular complexity index is 1280. The quantitative estimate of drug-likeness (QED) is 0.484. The minimum Gasteiger partial charge on any atom is -0.495 e. The number of carbonyl (C=O) groups is 1. The van der Waals surface area contributed by atoms with E-state index in [-0.39, 0.29) is 5.91 Å². The molecule has 2 N–H and O–H groups in total. The van der Waals surface area contributed by atoms with Crippen LogP contribution in [-0.2, 0) is 4.79 Å². The Hall–Kier alpha value is -3.87. The Kier molecular flexibility index (Phi) is 4.78. The van der Waals surface area contributed by atoms with Gasteiger partial charge in [-0.1, -0.05) is 18.2 Å². The normalized spacial score (nSPS) is 13.7. The van der Waals surface area contributed by atoms with Crippen LogP contribution in [-0.4, -0.2) is 32.3 Å². The van der Waals surface area contributed by atoms with Crippen LogP contribution in [0.1, 0.15) is 6.92 Å². The standard InChI is InChI=1S/C24H22N2O5/c1-14(25-15-7-8-20-23(11-15)30-10-9-29-20)24(27)26-18-13-21-17(12-22(18)28-2)16-5-3-4-6-19(16)31-21/h3-8,11-14,25H,9-10H2,1-2H3,(H,26,27)/t14-/m0/s1. The average Bonchev–Trinajstić information content (AvgIpc) is 3.15. The largest absolute Gasteiger partial charge is 0.495 e. The second-order valence-corrected chi connectivity index (χ2v) is 7.36. The maximum Gasteiger partial charge on any atom is 0.246 e. The van der Waals surface area contributed by atoms with Crippen molar-refractivity contribution in [2.45, 2.75) is 13.0 Å². The zero-order chi connectivity index (χ0) is 21.4. The van der Waals surface area contributed by atoms with Gasteiger partial charge in [0.05, 0.1) is 12.8 Å². The highest BCUT2D eigenvalue weighted by molar-refractivity contribution is 6.08. The van der Waals surface area contributed by atoms with Crippen LogP contribution in [0.3, 0.4) is 0 Å². The van der Waals surface area contributed by atoms with Crippen LogP contribution in [0.5, 0.6) is 17.2 Å². The number of nitrogens with one attached hydrogen (secondary N) is 2. The predicted octanol–water partition coefficient (Wildman–Crippen LogP) is 4.80. The molecule has 1 aliphatic rings. The molecule has 1 amide bonds. The molecule has 0 fully saturated rings. The lowest BCUT2D eigenvalue weighted by Crippen LogP contribution is -2.32. The van der Waals surface area contributed by atoms with Crippen molar-refractivity contribution in [3.63, 3.8) is 0 Å². The van der Waals surface area contributed by atoms with E-state index < -0.39 is 6.04 Å². The smallest absolute Gasteiger partial charge is 0.246 e. The zero-order valence-corrected chi connectivity index (χ0v) is 17.2. The third-order valence-electron chi connectivity index (χ3n) is 5.28. The molecule has 0 radical (unpaired) electrons. The molecule has 0 saturated carbocycles. The summed E-state index contributed by atoms with van der Waals surface area (Å²) in [4.78, 5) is 12.9. The molecule has 7 heteroatoms. The molecule has 4 aromatic rings. The summed E-state index contributed by atoms with van der Waals surface area (Å²) in [5.41, 5.74) is 2.79. The average molecular weight is 418 g/mol. The maximum absolute atomic E-state index is 12.9. The van der Waals surface area contributed by atoms with Gasteiger partial charge in [-0.15, -0.1) is 0 Å². The molecule has 2 heterocycles. The molecule has 0 unspecified atom stereocenters. The van der Waals surface area contributed by atoms with E-state index >= 15 is 0 Å². The summed E-state index contributed by atoms with van der Waals surface area (Å²) >= 11 is 0. The van der Waals surface area contributed by atoms with Gasteiger partial charge in [0.1, 0.15) is 36.2 Å². The summed E-state index contributed by atoms with van der Waals surface area (Å²) in [5.74, 6) is 1.74. The highest BCUT2D eigenvalue weighted by Gasteiger charge is 2.19. The number of ether oxygens (including phenoxy) is 3. The van der Waals surface area contributed by atoms with Crippen LogP contribution in [0.2, 0.25) is 0 Å². The third-order valence-corrected chi connectivity index (χ3v) is 5.28. The van der Waals surface area contributed by atoms with Crippen LogP contribution >= 0.6 is 0 Å². The monoisotopic (exact) mass is 418 g/mol. The predicted molar refractivity (Wildman–Crippen MR) is 119 cm³/mol. The van der Waals surface area contributed by atoms with Gasteiger partial charge in [0, 0.05) is 28.6 Å². The molecule has 1 aromatic heterocycles. The molecule has 158 valence electrons. The molecular weight excluding hydrogens is 396 g/mol. The van der Waals surface area contributed by atoms with E-state index in [1.807, 2.05) is 48.5 Å². The first-order valence-corrected chi connectivity index (χ1v) is 10.1. The number of furan rings is 1. The van der Waals surface area contributed by atoms with E-state index in [4.69, 9.17) is 18.6 Å². The number of anilines is 2. The minimum absolute atomic E-state index is 0.205. The van der Waals surface area contributed by atoms with Crippen molar-refractivity contribution in [1.29, 1.82) is 0 Å². The SMILES string of the molecule is COc1cc2c(cc1NC(=O)[C@H](C)Nc1ccc3c(c1)OCCO3)oc1ccccc12. The third kappa shape index (κ3) is 3.59. The van der Waals surface area contributed by atoms with Gasteiger partial charge in [-0.25, -0.2) is 0 Å². The van der Waals surface area contributed by atoms with Crippen LogP contribution in [0.25, 0.3) is 21.9 Å². The highest BCUT2D eigenvalue weighted by atomic mass is 16.6. The van der Waals surface area contributed by atoms with Gasteiger partial charge in [0.25, 0.3) is 0 Å². The van der Waals surface area contributed by atoms with E-state index in [0.717, 1.165) is 22.0 Å². The van der Waals surface area contributed by atoms with Crippen molar-refractivity contribution in [1.82, 2.24) is 0 Å². The van der Waals surface area contributed by atoms with Gasteiger partial charge in [-0.05, 0) is 31.2 Å². The van der Waals surface area contributed by atoms with Gasteiger partial charge in [-0.3, -0.25) is 4.79 Å². The Balaban J connectivity index is 1.37. The van der Waals surface area contributed by atoms with Crippen molar-refractivity contribution >= 4 is 39.2 Å². The fourth-order valence-corrected chi connectivity index (χ4v) is 3.71. The van der Waals surface area contributed by atoms with Gasteiger partial charge < -0.3 is 29.3 Å². The molecule has 31 heavy (non-hydrogen) atoms. The van der Waals surface area contributed by atoms with E-state index in [1.165, 1.54) is 0 Å². The number of fused-ring (bicyclic) bond motifs is 4. The van der Waals surface area contributed by atoms with Crippen LogP contribution in [0.4, 0.5) is 11.4 Å². The lowest BCUT2D eigenvalue weighted by atomic mass is 10.1. The summed E-state index contributed by atoms with van der Waals surface area (Å²) in [7, 11) is 1.58. The summed E-state index contributed by atoms with van der Waals surface area (Å²) in [6.45, 7) is 2.84. The molecule has 5 rings (SSSR count). The molecule has 1 aliphatic heterocycles. The van der Waals surface area contributed by atoms with Crippen molar-refractivity contribution in [3.8, 4) is 17.2 Å². The van der Waals surface area contributed by atoms with Crippen molar-refractivity contribution in [3.05, 3.63) is 54.6 Å². The van der Waals surface area contributed by atoms with Crippen molar-refractivity contribution in [2.75, 3.05) is 31.0 Å². The number of hydrogen-bond acceptors (Lipinski definition) is 6. The van der Waals surface area contributed by atoms with E-state index in [1.54, 1.807) is 20.1 Å². The van der Waals surface area contributed by atoms with Crippen LogP contribution in [0, 0.1) is 0 Å². The second kappa shape index (κ2) is 7.75. The van der Waals surface area contributed by atoms with Gasteiger partial charge >= 0.3 is 0 Å². The summed E-state index contributed by atoms with van der Waals surface area (Å²) in [5, 5.41) is 8.07. The van der Waals surface area contributed by atoms with E-state index in [9.17, 15) is 4.79 Å². The number of carbonyl (C=O) groups excluding carboxylic acids is 1. The molecule has 0 aliphatic carbocycles. The Morgan fingerprint density at radius 2 is 1.77 bits per heavy atom.